The minimum Gasteiger partial charge on any atom is -0.303 e. The summed E-state index contributed by atoms with van der Waals surface area (Å²) in [7, 11) is 0. The van der Waals surface area contributed by atoms with Crippen LogP contribution < -0.4 is 0 Å². The molecule has 0 amide bonds. The third-order valence-electron chi connectivity index (χ3n) is 4.48. The van der Waals surface area contributed by atoms with Crippen LogP contribution in [0.2, 0.25) is 0 Å². The zero-order chi connectivity index (χ0) is 18.2. The van der Waals surface area contributed by atoms with Crippen molar-refractivity contribution in [2.45, 2.75) is 18.9 Å². The highest BCUT2D eigenvalue weighted by Crippen LogP contribution is 2.24. The number of benzene rings is 2. The molecule has 0 aliphatic heterocycles. The molecule has 0 aliphatic rings. The summed E-state index contributed by atoms with van der Waals surface area (Å²) in [6.45, 7) is 7.68. The molecule has 0 bridgehead atoms. The molecule has 26 heavy (non-hydrogen) atoms. The van der Waals surface area contributed by atoms with Crippen LogP contribution in [0, 0.1) is 0 Å². The lowest BCUT2D eigenvalue weighted by atomic mass is 10.0. The van der Waals surface area contributed by atoms with E-state index in [1.54, 1.807) is 11.8 Å². The molecule has 0 unspecified atom stereocenters. The van der Waals surface area contributed by atoms with E-state index in [1.165, 1.54) is 11.1 Å². The number of aromatic nitrogens is 2. The maximum Gasteiger partial charge on any atom is 0.119 e. The van der Waals surface area contributed by atoms with E-state index in [1.807, 2.05) is 6.07 Å². The van der Waals surface area contributed by atoms with Crippen molar-refractivity contribution in [1.82, 2.24) is 15.1 Å². The van der Waals surface area contributed by atoms with Crippen molar-refractivity contribution in [1.29, 1.82) is 0 Å². The van der Waals surface area contributed by atoms with Gasteiger partial charge >= 0.3 is 0 Å². The second-order valence-electron chi connectivity index (χ2n) is 6.08. The van der Waals surface area contributed by atoms with E-state index in [4.69, 9.17) is 0 Å². The van der Waals surface area contributed by atoms with Gasteiger partial charge in [0.2, 0.25) is 0 Å². The molecule has 0 saturated heterocycles. The van der Waals surface area contributed by atoms with Crippen LogP contribution in [0.15, 0.2) is 71.8 Å². The lowest BCUT2D eigenvalue weighted by Crippen LogP contribution is -2.25. The van der Waals surface area contributed by atoms with Gasteiger partial charge in [0.05, 0.1) is 5.69 Å². The maximum atomic E-state index is 4.40. The molecule has 0 saturated carbocycles. The molecule has 0 fully saturated rings. The van der Waals surface area contributed by atoms with Gasteiger partial charge in [-0.05, 0) is 36.3 Å². The van der Waals surface area contributed by atoms with E-state index in [0.717, 1.165) is 41.7 Å². The van der Waals surface area contributed by atoms with Gasteiger partial charge in [0.25, 0.3) is 0 Å². The van der Waals surface area contributed by atoms with E-state index < -0.39 is 0 Å². The SMILES string of the molecule is CCN(CC)CCSc1ccc(-c2ccc(-c3ccccc3)cc2)nn1. The highest BCUT2D eigenvalue weighted by molar-refractivity contribution is 7.99. The topological polar surface area (TPSA) is 29.0 Å². The summed E-state index contributed by atoms with van der Waals surface area (Å²) in [5, 5.41) is 9.77. The predicted molar refractivity (Wildman–Crippen MR) is 111 cm³/mol. The largest absolute Gasteiger partial charge is 0.303 e. The van der Waals surface area contributed by atoms with E-state index >= 15 is 0 Å². The summed E-state index contributed by atoms with van der Waals surface area (Å²) in [6.07, 6.45) is 0. The third kappa shape index (κ3) is 4.93. The van der Waals surface area contributed by atoms with E-state index in [-0.39, 0.29) is 0 Å². The Bertz CT molecular complexity index is 782. The number of hydrogen-bond acceptors (Lipinski definition) is 4. The molecule has 0 radical (unpaired) electrons. The Balaban J connectivity index is 1.61. The first-order valence-corrected chi connectivity index (χ1v) is 10.1. The van der Waals surface area contributed by atoms with Gasteiger partial charge in [-0.3, -0.25) is 0 Å². The van der Waals surface area contributed by atoms with Gasteiger partial charge in [-0.1, -0.05) is 68.4 Å². The molecular weight excluding hydrogens is 338 g/mol. The Labute approximate surface area is 160 Å². The molecule has 0 N–H and O–H groups in total. The molecule has 0 aliphatic carbocycles. The monoisotopic (exact) mass is 363 g/mol. The first-order valence-electron chi connectivity index (χ1n) is 9.15. The Morgan fingerprint density at radius 1 is 0.731 bits per heavy atom. The van der Waals surface area contributed by atoms with Gasteiger partial charge < -0.3 is 4.90 Å². The predicted octanol–water partition coefficient (Wildman–Crippen LogP) is 5.24. The number of rotatable bonds is 8. The molecule has 1 aromatic heterocycles. The van der Waals surface area contributed by atoms with Gasteiger partial charge in [-0.25, -0.2) is 0 Å². The Morgan fingerprint density at radius 2 is 1.38 bits per heavy atom. The van der Waals surface area contributed by atoms with Crippen LogP contribution >= 0.6 is 11.8 Å². The fourth-order valence-electron chi connectivity index (χ4n) is 2.83. The highest BCUT2D eigenvalue weighted by atomic mass is 32.2. The first kappa shape index (κ1) is 18.6. The summed E-state index contributed by atoms with van der Waals surface area (Å²) in [5.74, 6) is 1.04. The summed E-state index contributed by atoms with van der Waals surface area (Å²) in [6, 6.07) is 23.0. The molecule has 0 atom stereocenters. The Morgan fingerprint density at radius 3 is 2.00 bits per heavy atom. The van der Waals surface area contributed by atoms with Crippen LogP contribution in [0.5, 0.6) is 0 Å². The molecule has 3 nitrogen and oxygen atoms in total. The average molecular weight is 364 g/mol. The number of hydrogen-bond donors (Lipinski definition) is 0. The smallest absolute Gasteiger partial charge is 0.119 e. The second kappa shape index (κ2) is 9.51. The molecule has 4 heteroatoms. The molecule has 0 spiro atoms. The molecule has 3 rings (SSSR count). The van der Waals surface area contributed by atoms with Crippen LogP contribution in [0.25, 0.3) is 22.4 Å². The van der Waals surface area contributed by atoms with Crippen LogP contribution in [0.4, 0.5) is 0 Å². The van der Waals surface area contributed by atoms with Crippen LogP contribution in [-0.4, -0.2) is 40.5 Å². The zero-order valence-corrected chi connectivity index (χ0v) is 16.2. The molecular formula is C22H25N3S. The van der Waals surface area contributed by atoms with Crippen molar-refractivity contribution in [3.05, 3.63) is 66.7 Å². The fourth-order valence-corrected chi connectivity index (χ4v) is 3.66. The summed E-state index contributed by atoms with van der Waals surface area (Å²) < 4.78 is 0. The summed E-state index contributed by atoms with van der Waals surface area (Å²) in [5.41, 5.74) is 4.45. The average Bonchev–Trinajstić information content (AvgIpc) is 2.72. The van der Waals surface area contributed by atoms with Crippen molar-refractivity contribution in [3.8, 4) is 22.4 Å². The maximum absolute atomic E-state index is 4.40. The van der Waals surface area contributed by atoms with Gasteiger partial charge in [0.15, 0.2) is 0 Å². The Hall–Kier alpha value is -2.17. The van der Waals surface area contributed by atoms with Crippen molar-refractivity contribution >= 4 is 11.8 Å². The lowest BCUT2D eigenvalue weighted by molar-refractivity contribution is 0.324. The molecule has 134 valence electrons. The quantitative estimate of drug-likeness (QED) is 0.512. The van der Waals surface area contributed by atoms with E-state index in [9.17, 15) is 0 Å². The van der Waals surface area contributed by atoms with Crippen molar-refractivity contribution < 1.29 is 0 Å². The van der Waals surface area contributed by atoms with Crippen LogP contribution in [0.3, 0.4) is 0 Å². The number of nitrogens with zero attached hydrogens (tertiary/aromatic N) is 3. The molecule has 1 heterocycles. The minimum atomic E-state index is 0.915. The van der Waals surface area contributed by atoms with Crippen LogP contribution in [-0.2, 0) is 0 Å². The van der Waals surface area contributed by atoms with Crippen molar-refractivity contribution in [3.63, 3.8) is 0 Å². The zero-order valence-electron chi connectivity index (χ0n) is 15.4. The van der Waals surface area contributed by atoms with Gasteiger partial charge in [-0.15, -0.1) is 22.0 Å². The second-order valence-corrected chi connectivity index (χ2v) is 7.19. The third-order valence-corrected chi connectivity index (χ3v) is 5.38. The fraction of sp³-hybridized carbons (Fsp3) is 0.273. The van der Waals surface area contributed by atoms with Crippen LogP contribution in [0.1, 0.15) is 13.8 Å². The highest BCUT2D eigenvalue weighted by Gasteiger charge is 2.04. The number of thioether (sulfide) groups is 1. The van der Waals surface area contributed by atoms with Gasteiger partial charge in [0, 0.05) is 17.9 Å². The molecule has 3 aromatic rings. The van der Waals surface area contributed by atoms with Gasteiger partial charge in [0.1, 0.15) is 5.03 Å². The van der Waals surface area contributed by atoms with Crippen molar-refractivity contribution in [2.75, 3.05) is 25.4 Å². The van der Waals surface area contributed by atoms with E-state index in [2.05, 4.69) is 89.6 Å². The normalized spacial score (nSPS) is 11.0. The molecule has 2 aromatic carbocycles. The van der Waals surface area contributed by atoms with E-state index in [0.29, 0.717) is 0 Å². The minimum absolute atomic E-state index is 0.915. The standard InChI is InChI=1S/C22H25N3S/c1-3-25(4-2)16-17-26-22-15-14-21(23-24-22)20-12-10-19(11-13-20)18-8-6-5-7-9-18/h5-15H,3-4,16-17H2,1-2H3. The summed E-state index contributed by atoms with van der Waals surface area (Å²) >= 11 is 1.77. The summed E-state index contributed by atoms with van der Waals surface area (Å²) in [4.78, 5) is 2.42. The lowest BCUT2D eigenvalue weighted by Gasteiger charge is -2.16. The van der Waals surface area contributed by atoms with Gasteiger partial charge in [-0.2, -0.15) is 0 Å². The Kier molecular flexibility index (Phi) is 6.81. The van der Waals surface area contributed by atoms with Crippen molar-refractivity contribution in [2.24, 2.45) is 0 Å². The first-order chi connectivity index (χ1) is 12.8.